The highest BCUT2D eigenvalue weighted by Crippen LogP contribution is 2.28. The van der Waals surface area contributed by atoms with Gasteiger partial charge in [-0.3, -0.25) is 9.59 Å². The summed E-state index contributed by atoms with van der Waals surface area (Å²) in [6.07, 6.45) is -0.509. The first kappa shape index (κ1) is 14.0. The van der Waals surface area contributed by atoms with E-state index in [1.54, 1.807) is 18.2 Å². The average molecular weight is 328 g/mol. The molecule has 2 N–H and O–H groups in total. The molecule has 1 aliphatic rings. The van der Waals surface area contributed by atoms with Gasteiger partial charge in [-0.2, -0.15) is 0 Å². The van der Waals surface area contributed by atoms with Crippen molar-refractivity contribution in [3.05, 3.63) is 28.2 Å². The fraction of sp³-hybridized carbons (Fsp3) is 0.385. The number of Topliss-reactive ketones (excluding diaryl/α,β-unsaturated/α-hetero) is 1. The van der Waals surface area contributed by atoms with Crippen LogP contribution in [0.15, 0.2) is 22.7 Å². The zero-order chi connectivity index (χ0) is 14.0. The SMILES string of the molecule is C[C@H](N)C(=O)OC1CCOc2cc(Br)ccc2C1=O. The molecule has 1 aromatic carbocycles. The van der Waals surface area contributed by atoms with Crippen LogP contribution in [0.3, 0.4) is 0 Å². The van der Waals surface area contributed by atoms with E-state index in [1.807, 2.05) is 0 Å². The van der Waals surface area contributed by atoms with Crippen LogP contribution in [0.1, 0.15) is 23.7 Å². The molecule has 2 atom stereocenters. The average Bonchev–Trinajstić information content (AvgIpc) is 2.50. The van der Waals surface area contributed by atoms with Gasteiger partial charge in [-0.15, -0.1) is 0 Å². The normalized spacial score (nSPS) is 19.9. The lowest BCUT2D eigenvalue weighted by Gasteiger charge is -2.15. The molecule has 0 saturated heterocycles. The monoisotopic (exact) mass is 327 g/mol. The summed E-state index contributed by atoms with van der Waals surface area (Å²) < 4.78 is 11.4. The minimum atomic E-state index is -0.832. The van der Waals surface area contributed by atoms with E-state index in [4.69, 9.17) is 15.2 Å². The Morgan fingerprint density at radius 2 is 2.32 bits per heavy atom. The first-order chi connectivity index (χ1) is 8.99. The maximum Gasteiger partial charge on any atom is 0.323 e. The number of rotatable bonds is 2. The van der Waals surface area contributed by atoms with Gasteiger partial charge >= 0.3 is 5.97 Å². The molecule has 0 fully saturated rings. The third kappa shape index (κ3) is 3.13. The van der Waals surface area contributed by atoms with E-state index in [9.17, 15) is 9.59 Å². The van der Waals surface area contributed by atoms with E-state index in [0.29, 0.717) is 24.3 Å². The van der Waals surface area contributed by atoms with Crippen molar-refractivity contribution >= 4 is 27.7 Å². The lowest BCUT2D eigenvalue weighted by molar-refractivity contribution is -0.148. The summed E-state index contributed by atoms with van der Waals surface area (Å²) in [5.41, 5.74) is 5.85. The minimum absolute atomic E-state index is 0.256. The summed E-state index contributed by atoms with van der Waals surface area (Å²) in [5.74, 6) is -0.341. The molecule has 1 aliphatic heterocycles. The second-order valence-corrected chi connectivity index (χ2v) is 5.27. The second kappa shape index (κ2) is 5.71. The molecule has 2 rings (SSSR count). The van der Waals surface area contributed by atoms with Crippen molar-refractivity contribution in [2.24, 2.45) is 5.73 Å². The van der Waals surface area contributed by atoms with Crippen LogP contribution < -0.4 is 10.5 Å². The molecule has 0 aliphatic carbocycles. The molecule has 1 aromatic rings. The maximum absolute atomic E-state index is 12.3. The standard InChI is InChI=1S/C13H14BrNO4/c1-7(15)13(17)19-10-4-5-18-11-6-8(14)2-3-9(11)12(10)16/h2-3,6-7,10H,4-5,15H2,1H3/t7-,10?/m0/s1. The Morgan fingerprint density at radius 3 is 3.00 bits per heavy atom. The molecule has 0 amide bonds. The van der Waals surface area contributed by atoms with Crippen LogP contribution in [0.2, 0.25) is 0 Å². The molecule has 19 heavy (non-hydrogen) atoms. The van der Waals surface area contributed by atoms with Gasteiger partial charge in [0.05, 0.1) is 12.2 Å². The molecule has 0 bridgehead atoms. The van der Waals surface area contributed by atoms with Crippen molar-refractivity contribution in [2.75, 3.05) is 6.61 Å². The van der Waals surface area contributed by atoms with Gasteiger partial charge in [-0.05, 0) is 25.1 Å². The van der Waals surface area contributed by atoms with E-state index >= 15 is 0 Å². The van der Waals surface area contributed by atoms with Crippen molar-refractivity contribution in [2.45, 2.75) is 25.5 Å². The highest BCUT2D eigenvalue weighted by molar-refractivity contribution is 9.10. The Hall–Kier alpha value is -1.40. The predicted molar refractivity (Wildman–Crippen MR) is 72.1 cm³/mol. The number of ketones is 1. The number of halogens is 1. The van der Waals surface area contributed by atoms with E-state index < -0.39 is 18.1 Å². The summed E-state index contributed by atoms with van der Waals surface area (Å²) in [6.45, 7) is 1.83. The molecule has 0 spiro atoms. The lowest BCUT2D eigenvalue weighted by atomic mass is 10.0. The van der Waals surface area contributed by atoms with Crippen molar-refractivity contribution < 1.29 is 19.1 Å². The van der Waals surface area contributed by atoms with Gasteiger partial charge in [0.1, 0.15) is 11.8 Å². The van der Waals surface area contributed by atoms with Gasteiger partial charge in [-0.25, -0.2) is 0 Å². The number of carbonyl (C=O) groups excluding carboxylic acids is 2. The minimum Gasteiger partial charge on any atom is -0.493 e. The number of carbonyl (C=O) groups is 2. The number of ether oxygens (including phenoxy) is 2. The van der Waals surface area contributed by atoms with Gasteiger partial charge < -0.3 is 15.2 Å². The fourth-order valence-corrected chi connectivity index (χ4v) is 2.10. The molecule has 6 heteroatoms. The van der Waals surface area contributed by atoms with E-state index in [2.05, 4.69) is 15.9 Å². The van der Waals surface area contributed by atoms with Crippen LogP contribution in [-0.4, -0.2) is 30.5 Å². The Balaban J connectivity index is 2.24. The third-order valence-electron chi connectivity index (χ3n) is 2.77. The first-order valence-electron chi connectivity index (χ1n) is 5.91. The number of esters is 1. The van der Waals surface area contributed by atoms with Crippen LogP contribution >= 0.6 is 15.9 Å². The van der Waals surface area contributed by atoms with Gasteiger partial charge in [0.15, 0.2) is 6.10 Å². The summed E-state index contributed by atoms with van der Waals surface area (Å²) >= 11 is 3.32. The molecule has 102 valence electrons. The third-order valence-corrected chi connectivity index (χ3v) is 3.26. The summed E-state index contributed by atoms with van der Waals surface area (Å²) in [4.78, 5) is 23.8. The molecular formula is C13H14BrNO4. The van der Waals surface area contributed by atoms with Gasteiger partial charge in [0.2, 0.25) is 5.78 Å². The van der Waals surface area contributed by atoms with Crippen molar-refractivity contribution in [1.29, 1.82) is 0 Å². The van der Waals surface area contributed by atoms with Crippen LogP contribution in [0.25, 0.3) is 0 Å². The molecule has 1 heterocycles. The van der Waals surface area contributed by atoms with Crippen molar-refractivity contribution in [1.82, 2.24) is 0 Å². The first-order valence-corrected chi connectivity index (χ1v) is 6.71. The number of fused-ring (bicyclic) bond motifs is 1. The van der Waals surface area contributed by atoms with Gasteiger partial charge in [-0.1, -0.05) is 15.9 Å². The Morgan fingerprint density at radius 1 is 1.58 bits per heavy atom. The molecule has 5 nitrogen and oxygen atoms in total. The number of hydrogen-bond acceptors (Lipinski definition) is 5. The van der Waals surface area contributed by atoms with Crippen LogP contribution in [0, 0.1) is 0 Å². The van der Waals surface area contributed by atoms with E-state index in [0.717, 1.165) is 4.47 Å². The van der Waals surface area contributed by atoms with Gasteiger partial charge in [0, 0.05) is 10.9 Å². The van der Waals surface area contributed by atoms with Crippen LogP contribution in [-0.2, 0) is 9.53 Å². The summed E-state index contributed by atoms with van der Waals surface area (Å²) in [6, 6.07) is 4.37. The number of benzene rings is 1. The van der Waals surface area contributed by atoms with Crippen molar-refractivity contribution in [3.8, 4) is 5.75 Å². The largest absolute Gasteiger partial charge is 0.493 e. The Labute approximate surface area is 119 Å². The summed E-state index contributed by atoms with van der Waals surface area (Å²) in [5, 5.41) is 0. The van der Waals surface area contributed by atoms with Crippen molar-refractivity contribution in [3.63, 3.8) is 0 Å². The van der Waals surface area contributed by atoms with Gasteiger partial charge in [0.25, 0.3) is 0 Å². The molecule has 0 saturated carbocycles. The zero-order valence-corrected chi connectivity index (χ0v) is 12.0. The highest BCUT2D eigenvalue weighted by atomic mass is 79.9. The second-order valence-electron chi connectivity index (χ2n) is 4.36. The number of hydrogen-bond donors (Lipinski definition) is 1. The maximum atomic E-state index is 12.3. The van der Waals surface area contributed by atoms with Crippen LogP contribution in [0.5, 0.6) is 5.75 Å². The quantitative estimate of drug-likeness (QED) is 0.836. The highest BCUT2D eigenvalue weighted by Gasteiger charge is 2.30. The smallest absolute Gasteiger partial charge is 0.323 e. The zero-order valence-electron chi connectivity index (χ0n) is 10.4. The fourth-order valence-electron chi connectivity index (χ4n) is 1.76. The van der Waals surface area contributed by atoms with E-state index in [-0.39, 0.29) is 5.78 Å². The molecule has 0 radical (unpaired) electrons. The molecule has 1 unspecified atom stereocenters. The Bertz CT molecular complexity index is 515. The molecular weight excluding hydrogens is 314 g/mol. The van der Waals surface area contributed by atoms with E-state index in [1.165, 1.54) is 6.92 Å². The predicted octanol–water partition coefficient (Wildman–Crippen LogP) is 1.67. The topological polar surface area (TPSA) is 78.6 Å². The molecule has 0 aromatic heterocycles. The summed E-state index contributed by atoms with van der Waals surface area (Å²) in [7, 11) is 0. The van der Waals surface area contributed by atoms with Crippen LogP contribution in [0.4, 0.5) is 0 Å². The number of nitrogens with two attached hydrogens (primary N) is 1. The lowest BCUT2D eigenvalue weighted by Crippen LogP contribution is -2.35. The Kier molecular flexibility index (Phi) is 4.21.